The highest BCUT2D eigenvalue weighted by Gasteiger charge is 2.25. The first-order valence-electron chi connectivity index (χ1n) is 7.71. The number of aryl methyl sites for hydroxylation is 1. The summed E-state index contributed by atoms with van der Waals surface area (Å²) in [5.41, 5.74) is 0.915. The van der Waals surface area contributed by atoms with Crippen molar-refractivity contribution in [2.24, 2.45) is 0 Å². The van der Waals surface area contributed by atoms with Crippen molar-refractivity contribution in [3.63, 3.8) is 0 Å². The first kappa shape index (κ1) is 17.3. The number of ether oxygens (including phenoxy) is 1. The maximum Gasteiger partial charge on any atom is 0.130 e. The standard InChI is InChI=1S/C15H26N4O2S/c1-11(2)19-6-7-21-14(10-19)13-9-15(18-12(3)17-13)16-5-8-22(4)20/h9,11,14H,5-8,10H2,1-4H3,(H,16,17,18)/t14-,22-/m1/s1. The van der Waals surface area contributed by atoms with E-state index >= 15 is 0 Å². The number of morpholine rings is 1. The van der Waals surface area contributed by atoms with E-state index in [1.165, 1.54) is 0 Å². The molecule has 0 amide bonds. The van der Waals surface area contributed by atoms with Gasteiger partial charge in [-0.2, -0.15) is 0 Å². The Morgan fingerprint density at radius 3 is 2.95 bits per heavy atom. The molecule has 0 bridgehead atoms. The fourth-order valence-electron chi connectivity index (χ4n) is 2.49. The number of nitrogens with zero attached hydrogens (tertiary/aromatic N) is 3. The van der Waals surface area contributed by atoms with Crippen molar-refractivity contribution in [2.75, 3.05) is 43.6 Å². The molecular weight excluding hydrogens is 300 g/mol. The number of anilines is 1. The van der Waals surface area contributed by atoms with Gasteiger partial charge in [-0.15, -0.1) is 0 Å². The predicted octanol–water partition coefficient (Wildman–Crippen LogP) is 1.36. The van der Waals surface area contributed by atoms with Crippen molar-refractivity contribution in [1.82, 2.24) is 14.9 Å². The second-order valence-electron chi connectivity index (χ2n) is 5.88. The normalized spacial score (nSPS) is 21.0. The number of hydrogen-bond acceptors (Lipinski definition) is 6. The summed E-state index contributed by atoms with van der Waals surface area (Å²) in [5, 5.41) is 3.22. The molecule has 1 aliphatic heterocycles. The second-order valence-corrected chi connectivity index (χ2v) is 7.43. The SMILES string of the molecule is Cc1nc(NCC[S@@](C)=O)cc([C@H]2CN(C(C)C)CCO2)n1. The van der Waals surface area contributed by atoms with E-state index in [1.54, 1.807) is 6.26 Å². The van der Waals surface area contributed by atoms with E-state index in [2.05, 4.69) is 34.0 Å². The molecule has 22 heavy (non-hydrogen) atoms. The number of rotatable bonds is 6. The third-order valence-corrected chi connectivity index (χ3v) is 4.49. The van der Waals surface area contributed by atoms with Crippen LogP contribution in [-0.2, 0) is 15.5 Å². The van der Waals surface area contributed by atoms with Crippen LogP contribution in [0.25, 0.3) is 0 Å². The number of aromatic nitrogens is 2. The van der Waals surface area contributed by atoms with Gasteiger partial charge in [0.05, 0.1) is 12.3 Å². The third kappa shape index (κ3) is 5.00. The van der Waals surface area contributed by atoms with Crippen molar-refractivity contribution in [3.05, 3.63) is 17.6 Å². The molecule has 2 atom stereocenters. The molecule has 0 saturated carbocycles. The zero-order valence-electron chi connectivity index (χ0n) is 13.8. The Bertz CT molecular complexity index is 524. The van der Waals surface area contributed by atoms with Crippen LogP contribution < -0.4 is 5.32 Å². The van der Waals surface area contributed by atoms with Crippen molar-refractivity contribution < 1.29 is 8.95 Å². The summed E-state index contributed by atoms with van der Waals surface area (Å²) < 4.78 is 17.0. The monoisotopic (exact) mass is 326 g/mol. The molecule has 0 aromatic carbocycles. The molecule has 0 aliphatic carbocycles. The molecule has 1 aromatic heterocycles. The Labute approximate surface area is 135 Å². The van der Waals surface area contributed by atoms with Crippen LogP contribution in [0.15, 0.2) is 6.07 Å². The lowest BCUT2D eigenvalue weighted by Crippen LogP contribution is -2.42. The molecule has 1 aromatic rings. The van der Waals surface area contributed by atoms with Gasteiger partial charge in [-0.1, -0.05) is 0 Å². The minimum absolute atomic E-state index is 0.0151. The minimum Gasteiger partial charge on any atom is -0.369 e. The minimum atomic E-state index is -0.802. The molecular formula is C15H26N4O2S. The molecule has 2 heterocycles. The van der Waals surface area contributed by atoms with E-state index in [4.69, 9.17) is 4.74 Å². The molecule has 7 heteroatoms. The van der Waals surface area contributed by atoms with Gasteiger partial charge < -0.3 is 10.1 Å². The third-order valence-electron chi connectivity index (χ3n) is 3.71. The lowest BCUT2D eigenvalue weighted by atomic mass is 10.1. The van der Waals surface area contributed by atoms with Crippen LogP contribution in [0.1, 0.15) is 31.5 Å². The number of hydrogen-bond donors (Lipinski definition) is 1. The zero-order valence-corrected chi connectivity index (χ0v) is 14.7. The van der Waals surface area contributed by atoms with E-state index in [-0.39, 0.29) is 6.10 Å². The Balaban J connectivity index is 2.06. The van der Waals surface area contributed by atoms with Gasteiger partial charge in [-0.25, -0.2) is 9.97 Å². The molecule has 124 valence electrons. The molecule has 1 fully saturated rings. The molecule has 1 saturated heterocycles. The lowest BCUT2D eigenvalue weighted by molar-refractivity contribution is -0.0422. The molecule has 0 spiro atoms. The Kier molecular flexibility index (Phi) is 6.28. The second kappa shape index (κ2) is 7.99. The maximum atomic E-state index is 11.1. The Morgan fingerprint density at radius 1 is 1.50 bits per heavy atom. The molecule has 0 unspecified atom stereocenters. The average molecular weight is 326 g/mol. The fraction of sp³-hybridized carbons (Fsp3) is 0.733. The predicted molar refractivity (Wildman–Crippen MR) is 89.6 cm³/mol. The van der Waals surface area contributed by atoms with Crippen molar-refractivity contribution in [3.8, 4) is 0 Å². The van der Waals surface area contributed by atoms with E-state index in [1.807, 2.05) is 13.0 Å². The van der Waals surface area contributed by atoms with Gasteiger partial charge in [0.15, 0.2) is 0 Å². The summed E-state index contributed by atoms with van der Waals surface area (Å²) in [4.78, 5) is 11.3. The summed E-state index contributed by atoms with van der Waals surface area (Å²) in [6.07, 6.45) is 1.69. The highest BCUT2D eigenvalue weighted by Crippen LogP contribution is 2.23. The van der Waals surface area contributed by atoms with Gasteiger partial charge in [0, 0.05) is 54.6 Å². The highest BCUT2D eigenvalue weighted by atomic mass is 32.2. The molecule has 2 rings (SSSR count). The van der Waals surface area contributed by atoms with Gasteiger partial charge in [0.2, 0.25) is 0 Å². The van der Waals surface area contributed by atoms with E-state index in [0.717, 1.165) is 37.0 Å². The quantitative estimate of drug-likeness (QED) is 0.851. The summed E-state index contributed by atoms with van der Waals surface area (Å²) in [6, 6.07) is 2.45. The summed E-state index contributed by atoms with van der Waals surface area (Å²) in [5.74, 6) is 2.11. The molecule has 1 aliphatic rings. The molecule has 0 radical (unpaired) electrons. The first-order valence-corrected chi connectivity index (χ1v) is 9.43. The van der Waals surface area contributed by atoms with Gasteiger partial charge in [0.25, 0.3) is 0 Å². The Morgan fingerprint density at radius 2 is 2.27 bits per heavy atom. The van der Waals surface area contributed by atoms with Crippen LogP contribution in [-0.4, -0.2) is 63.4 Å². The smallest absolute Gasteiger partial charge is 0.130 e. The highest BCUT2D eigenvalue weighted by molar-refractivity contribution is 7.84. The average Bonchev–Trinajstić information content (AvgIpc) is 2.46. The van der Waals surface area contributed by atoms with Crippen LogP contribution in [0.5, 0.6) is 0 Å². The van der Waals surface area contributed by atoms with E-state index < -0.39 is 10.8 Å². The van der Waals surface area contributed by atoms with Crippen LogP contribution in [0.3, 0.4) is 0 Å². The summed E-state index contributed by atoms with van der Waals surface area (Å²) in [6.45, 7) is 9.47. The molecule has 6 nitrogen and oxygen atoms in total. The van der Waals surface area contributed by atoms with Crippen LogP contribution in [0, 0.1) is 6.92 Å². The van der Waals surface area contributed by atoms with Gasteiger partial charge in [-0.05, 0) is 20.8 Å². The Hall–Kier alpha value is -1.05. The van der Waals surface area contributed by atoms with E-state index in [9.17, 15) is 4.21 Å². The molecule has 1 N–H and O–H groups in total. The largest absolute Gasteiger partial charge is 0.369 e. The summed E-state index contributed by atoms with van der Waals surface area (Å²) >= 11 is 0. The van der Waals surface area contributed by atoms with Crippen LogP contribution >= 0.6 is 0 Å². The van der Waals surface area contributed by atoms with Crippen molar-refractivity contribution in [2.45, 2.75) is 32.9 Å². The van der Waals surface area contributed by atoms with Crippen LogP contribution in [0.2, 0.25) is 0 Å². The summed E-state index contributed by atoms with van der Waals surface area (Å²) in [7, 11) is -0.802. The van der Waals surface area contributed by atoms with Gasteiger partial charge in [0.1, 0.15) is 17.7 Å². The van der Waals surface area contributed by atoms with Crippen molar-refractivity contribution >= 4 is 16.6 Å². The topological polar surface area (TPSA) is 67.4 Å². The van der Waals surface area contributed by atoms with Crippen LogP contribution in [0.4, 0.5) is 5.82 Å². The first-order chi connectivity index (χ1) is 10.5. The van der Waals surface area contributed by atoms with E-state index in [0.29, 0.717) is 18.3 Å². The van der Waals surface area contributed by atoms with Gasteiger partial charge in [-0.3, -0.25) is 9.11 Å². The maximum absolute atomic E-state index is 11.1. The van der Waals surface area contributed by atoms with Crippen molar-refractivity contribution in [1.29, 1.82) is 0 Å². The lowest BCUT2D eigenvalue weighted by Gasteiger charge is -2.35. The van der Waals surface area contributed by atoms with Gasteiger partial charge >= 0.3 is 0 Å². The fourth-order valence-corrected chi connectivity index (χ4v) is 2.88. The number of nitrogens with one attached hydrogen (secondary N) is 1. The zero-order chi connectivity index (χ0) is 16.1.